The molecule has 0 aromatic heterocycles. The molecule has 0 amide bonds. The van der Waals surface area contributed by atoms with Gasteiger partial charge in [-0.05, 0) is 24.6 Å². The van der Waals surface area contributed by atoms with E-state index >= 15 is 0 Å². The Bertz CT molecular complexity index is 464. The van der Waals surface area contributed by atoms with Crippen LogP contribution >= 0.6 is 0 Å². The summed E-state index contributed by atoms with van der Waals surface area (Å²) in [6, 6.07) is 6.27. The van der Waals surface area contributed by atoms with Crippen LogP contribution in [0.15, 0.2) is 18.2 Å². The highest BCUT2D eigenvalue weighted by Gasteiger charge is 2.13. The van der Waals surface area contributed by atoms with Gasteiger partial charge in [0.05, 0.1) is 13.2 Å². The first kappa shape index (κ1) is 15.3. The largest absolute Gasteiger partial charge is 0.490 e. The van der Waals surface area contributed by atoms with Crippen LogP contribution < -0.4 is 14.8 Å². The zero-order valence-electron chi connectivity index (χ0n) is 12.2. The van der Waals surface area contributed by atoms with Crippen LogP contribution in [-0.4, -0.2) is 35.5 Å². The highest BCUT2D eigenvalue weighted by Crippen LogP contribution is 2.32. The van der Waals surface area contributed by atoms with Crippen molar-refractivity contribution in [2.24, 2.45) is 0 Å². The molecule has 0 aliphatic carbocycles. The standard InChI is InChI=1S/C15H23NO3S/c1-3-20(17)10-7-16-12(2)13-5-6-14-15(11-13)19-9-4-8-18-14/h5-6,11-12,16H,3-4,7-10H2,1-2H3. The minimum atomic E-state index is -0.711. The molecule has 1 aliphatic heterocycles. The molecule has 0 saturated heterocycles. The predicted molar refractivity (Wildman–Crippen MR) is 82.0 cm³/mol. The topological polar surface area (TPSA) is 47.6 Å². The third kappa shape index (κ3) is 4.21. The number of fused-ring (bicyclic) bond motifs is 1. The van der Waals surface area contributed by atoms with E-state index in [0.29, 0.717) is 19.0 Å². The van der Waals surface area contributed by atoms with Gasteiger partial charge in [-0.15, -0.1) is 0 Å². The summed E-state index contributed by atoms with van der Waals surface area (Å²) in [4.78, 5) is 0. The average molecular weight is 297 g/mol. The van der Waals surface area contributed by atoms with Crippen molar-refractivity contribution in [1.29, 1.82) is 0 Å². The van der Waals surface area contributed by atoms with Crippen LogP contribution in [0.2, 0.25) is 0 Å². The Hall–Kier alpha value is -1.07. The van der Waals surface area contributed by atoms with Gasteiger partial charge in [0.15, 0.2) is 11.5 Å². The maximum atomic E-state index is 11.4. The number of hydrogen-bond acceptors (Lipinski definition) is 4. The Balaban J connectivity index is 1.94. The highest BCUT2D eigenvalue weighted by atomic mass is 32.2. The molecule has 0 spiro atoms. The Morgan fingerprint density at radius 2 is 2.05 bits per heavy atom. The minimum absolute atomic E-state index is 0.209. The van der Waals surface area contributed by atoms with Crippen molar-refractivity contribution in [1.82, 2.24) is 5.32 Å². The summed E-state index contributed by atoms with van der Waals surface area (Å²) in [7, 11) is -0.711. The molecule has 2 unspecified atom stereocenters. The quantitative estimate of drug-likeness (QED) is 0.875. The predicted octanol–water partition coefficient (Wildman–Crippen LogP) is 2.27. The zero-order valence-corrected chi connectivity index (χ0v) is 13.0. The Kier molecular flexibility index (Phi) is 5.86. The van der Waals surface area contributed by atoms with Crippen molar-refractivity contribution in [3.63, 3.8) is 0 Å². The van der Waals surface area contributed by atoms with Gasteiger partial charge in [0.1, 0.15) is 0 Å². The maximum Gasteiger partial charge on any atom is 0.161 e. The van der Waals surface area contributed by atoms with E-state index < -0.39 is 10.8 Å². The molecule has 1 aliphatic rings. The first-order valence-corrected chi connectivity index (χ1v) is 8.67. The van der Waals surface area contributed by atoms with Crippen molar-refractivity contribution >= 4 is 10.8 Å². The van der Waals surface area contributed by atoms with E-state index in [2.05, 4.69) is 18.3 Å². The lowest BCUT2D eigenvalue weighted by Gasteiger charge is -2.16. The van der Waals surface area contributed by atoms with Gasteiger partial charge < -0.3 is 14.8 Å². The molecule has 0 fully saturated rings. The van der Waals surface area contributed by atoms with Gasteiger partial charge in [-0.1, -0.05) is 13.0 Å². The lowest BCUT2D eigenvalue weighted by molar-refractivity contribution is 0.297. The van der Waals surface area contributed by atoms with E-state index in [4.69, 9.17) is 9.47 Å². The molecule has 5 heteroatoms. The van der Waals surface area contributed by atoms with Gasteiger partial charge >= 0.3 is 0 Å². The van der Waals surface area contributed by atoms with Crippen LogP contribution in [0.1, 0.15) is 31.9 Å². The molecule has 1 N–H and O–H groups in total. The fraction of sp³-hybridized carbons (Fsp3) is 0.600. The van der Waals surface area contributed by atoms with Crippen LogP contribution in [0.3, 0.4) is 0 Å². The van der Waals surface area contributed by atoms with Gasteiger partial charge in [0.25, 0.3) is 0 Å². The summed E-state index contributed by atoms with van der Waals surface area (Å²) < 4.78 is 22.7. The summed E-state index contributed by atoms with van der Waals surface area (Å²) >= 11 is 0. The molecular formula is C15H23NO3S. The first-order chi connectivity index (χ1) is 9.70. The zero-order chi connectivity index (χ0) is 14.4. The van der Waals surface area contributed by atoms with Crippen molar-refractivity contribution < 1.29 is 13.7 Å². The van der Waals surface area contributed by atoms with Crippen molar-refractivity contribution in [2.45, 2.75) is 26.3 Å². The fourth-order valence-corrected chi connectivity index (χ4v) is 2.73. The van der Waals surface area contributed by atoms with E-state index in [0.717, 1.165) is 35.8 Å². The first-order valence-electron chi connectivity index (χ1n) is 7.18. The monoisotopic (exact) mass is 297 g/mol. The Labute approximate surface area is 123 Å². The van der Waals surface area contributed by atoms with E-state index in [9.17, 15) is 4.21 Å². The summed E-state index contributed by atoms with van der Waals surface area (Å²) in [6.45, 7) is 6.23. The molecule has 4 nitrogen and oxygen atoms in total. The molecule has 1 aromatic carbocycles. The fourth-order valence-electron chi connectivity index (χ4n) is 2.10. The summed E-state index contributed by atoms with van der Waals surface area (Å²) in [5.74, 6) is 3.07. The maximum absolute atomic E-state index is 11.4. The van der Waals surface area contributed by atoms with Gasteiger partial charge in [-0.25, -0.2) is 0 Å². The molecule has 0 radical (unpaired) electrons. The molecule has 0 bridgehead atoms. The highest BCUT2D eigenvalue weighted by molar-refractivity contribution is 7.84. The third-order valence-electron chi connectivity index (χ3n) is 3.37. The molecular weight excluding hydrogens is 274 g/mol. The second kappa shape index (κ2) is 7.64. The third-order valence-corrected chi connectivity index (χ3v) is 4.68. The molecule has 2 rings (SSSR count). The number of hydrogen-bond donors (Lipinski definition) is 1. The average Bonchev–Trinajstić information content (AvgIpc) is 2.71. The van der Waals surface area contributed by atoms with E-state index in [1.165, 1.54) is 0 Å². The van der Waals surface area contributed by atoms with Crippen LogP contribution in [0.25, 0.3) is 0 Å². The minimum Gasteiger partial charge on any atom is -0.490 e. The van der Waals surface area contributed by atoms with Crippen LogP contribution in [0, 0.1) is 0 Å². The second-order valence-corrected chi connectivity index (χ2v) is 6.73. The van der Waals surface area contributed by atoms with Crippen molar-refractivity contribution in [3.8, 4) is 11.5 Å². The molecule has 1 heterocycles. The van der Waals surface area contributed by atoms with E-state index in [1.54, 1.807) is 0 Å². The van der Waals surface area contributed by atoms with Gasteiger partial charge in [-0.3, -0.25) is 4.21 Å². The van der Waals surface area contributed by atoms with Crippen LogP contribution in [-0.2, 0) is 10.8 Å². The van der Waals surface area contributed by atoms with E-state index in [1.807, 2.05) is 19.1 Å². The number of ether oxygens (including phenoxy) is 2. The van der Waals surface area contributed by atoms with Gasteiger partial charge in [0.2, 0.25) is 0 Å². The summed E-state index contributed by atoms with van der Waals surface area (Å²) in [6.07, 6.45) is 0.917. The number of rotatable bonds is 6. The number of benzene rings is 1. The SMILES string of the molecule is CCS(=O)CCNC(C)c1ccc2c(c1)OCCCO2. The van der Waals surface area contributed by atoms with Crippen molar-refractivity contribution in [2.75, 3.05) is 31.3 Å². The molecule has 1 aromatic rings. The van der Waals surface area contributed by atoms with Gasteiger partial charge in [0, 0.05) is 41.3 Å². The summed E-state index contributed by atoms with van der Waals surface area (Å²) in [5, 5.41) is 3.40. The molecule has 20 heavy (non-hydrogen) atoms. The normalized spacial score (nSPS) is 17.3. The smallest absolute Gasteiger partial charge is 0.161 e. The second-order valence-electron chi connectivity index (χ2n) is 4.87. The van der Waals surface area contributed by atoms with Crippen LogP contribution in [0.5, 0.6) is 11.5 Å². The molecule has 0 saturated carbocycles. The van der Waals surface area contributed by atoms with Crippen LogP contribution in [0.4, 0.5) is 0 Å². The Morgan fingerprint density at radius 1 is 1.30 bits per heavy atom. The lowest BCUT2D eigenvalue weighted by Crippen LogP contribution is -2.24. The van der Waals surface area contributed by atoms with Crippen molar-refractivity contribution in [3.05, 3.63) is 23.8 Å². The number of nitrogens with one attached hydrogen (secondary N) is 1. The molecule has 2 atom stereocenters. The summed E-state index contributed by atoms with van der Waals surface area (Å²) in [5.41, 5.74) is 1.16. The van der Waals surface area contributed by atoms with E-state index in [-0.39, 0.29) is 6.04 Å². The van der Waals surface area contributed by atoms with Gasteiger partial charge in [-0.2, -0.15) is 0 Å². The Morgan fingerprint density at radius 3 is 2.80 bits per heavy atom. The molecule has 112 valence electrons. The lowest BCUT2D eigenvalue weighted by atomic mass is 10.1.